The van der Waals surface area contributed by atoms with Gasteiger partial charge in [0.1, 0.15) is 12.1 Å². The first kappa shape index (κ1) is 16.0. The van der Waals surface area contributed by atoms with Crippen molar-refractivity contribution in [2.45, 2.75) is 0 Å². The molecule has 0 bridgehead atoms. The van der Waals surface area contributed by atoms with Gasteiger partial charge >= 0.3 is 11.6 Å². The number of esters is 1. The molecule has 0 saturated carbocycles. The van der Waals surface area contributed by atoms with Gasteiger partial charge in [0, 0.05) is 5.39 Å². The molecule has 0 atom stereocenters. The molecule has 7 nitrogen and oxygen atoms in total. The minimum absolute atomic E-state index is 0.0477. The van der Waals surface area contributed by atoms with Gasteiger partial charge in [0.2, 0.25) is 0 Å². The van der Waals surface area contributed by atoms with Gasteiger partial charge in [0.25, 0.3) is 11.1 Å². The zero-order valence-electron chi connectivity index (χ0n) is 12.5. The van der Waals surface area contributed by atoms with E-state index >= 15 is 0 Å². The first-order valence-electron chi connectivity index (χ1n) is 6.84. The number of carbonyl (C=O) groups excluding carboxylic acids is 3. The highest BCUT2D eigenvalue weighted by Gasteiger charge is 2.36. The Morgan fingerprint density at radius 3 is 2.79 bits per heavy atom. The van der Waals surface area contributed by atoms with Crippen LogP contribution in [-0.4, -0.2) is 35.7 Å². The van der Waals surface area contributed by atoms with Crippen molar-refractivity contribution in [2.75, 3.05) is 13.7 Å². The first-order chi connectivity index (χ1) is 11.5. The van der Waals surface area contributed by atoms with Crippen LogP contribution in [0.2, 0.25) is 0 Å². The molecule has 2 amide bonds. The summed E-state index contributed by atoms with van der Waals surface area (Å²) < 4.78 is 9.63. The highest BCUT2D eigenvalue weighted by Crippen LogP contribution is 2.31. The van der Waals surface area contributed by atoms with E-state index in [1.165, 1.54) is 6.08 Å². The summed E-state index contributed by atoms with van der Waals surface area (Å²) in [7, 11) is 1.16. The minimum atomic E-state index is -0.705. The standard InChI is InChI=1S/C16H11NO6S/c1-22-13(18)8-17-14(19)12(24-16(17)21)7-10-6-9-4-2-3-5-11(9)23-15(10)20/h2-7H,8H2,1H3/b12-7+. The molecular formula is C16H11NO6S. The van der Waals surface area contributed by atoms with Crippen LogP contribution < -0.4 is 5.63 Å². The van der Waals surface area contributed by atoms with Crippen LogP contribution in [0.5, 0.6) is 0 Å². The summed E-state index contributed by atoms with van der Waals surface area (Å²) in [4.78, 5) is 48.2. The maximum Gasteiger partial charge on any atom is 0.343 e. The van der Waals surface area contributed by atoms with E-state index in [1.807, 2.05) is 0 Å². The summed E-state index contributed by atoms with van der Waals surface area (Å²) in [5.41, 5.74) is -0.0378. The fourth-order valence-electron chi connectivity index (χ4n) is 2.15. The second-order valence-electron chi connectivity index (χ2n) is 4.87. The summed E-state index contributed by atoms with van der Waals surface area (Å²) in [5, 5.41) is 0.0963. The molecule has 0 N–H and O–H groups in total. The van der Waals surface area contributed by atoms with Crippen molar-refractivity contribution >= 4 is 45.9 Å². The van der Waals surface area contributed by atoms with Crippen molar-refractivity contribution in [3.63, 3.8) is 0 Å². The van der Waals surface area contributed by atoms with Crippen LogP contribution in [0, 0.1) is 0 Å². The normalized spacial score (nSPS) is 16.2. The minimum Gasteiger partial charge on any atom is -0.468 e. The van der Waals surface area contributed by atoms with Crippen molar-refractivity contribution < 1.29 is 23.5 Å². The van der Waals surface area contributed by atoms with Gasteiger partial charge in [0.05, 0.1) is 17.6 Å². The van der Waals surface area contributed by atoms with Crippen molar-refractivity contribution in [1.82, 2.24) is 4.90 Å². The number of fused-ring (bicyclic) bond motifs is 1. The number of methoxy groups -OCH3 is 1. The number of thioether (sulfide) groups is 1. The molecule has 0 spiro atoms. The van der Waals surface area contributed by atoms with Gasteiger partial charge < -0.3 is 9.15 Å². The van der Waals surface area contributed by atoms with Crippen LogP contribution in [-0.2, 0) is 14.3 Å². The zero-order chi connectivity index (χ0) is 17.3. The number of amides is 2. The molecule has 1 aromatic heterocycles. The molecular weight excluding hydrogens is 334 g/mol. The van der Waals surface area contributed by atoms with Gasteiger partial charge in [-0.25, -0.2) is 4.79 Å². The smallest absolute Gasteiger partial charge is 0.343 e. The van der Waals surface area contributed by atoms with Gasteiger partial charge in [-0.1, -0.05) is 18.2 Å². The number of carbonyl (C=O) groups is 3. The lowest BCUT2D eigenvalue weighted by atomic mass is 10.2. The molecule has 2 aromatic rings. The van der Waals surface area contributed by atoms with Gasteiger partial charge in [-0.3, -0.25) is 19.3 Å². The lowest BCUT2D eigenvalue weighted by Gasteiger charge is -2.09. The Morgan fingerprint density at radius 2 is 2.04 bits per heavy atom. The van der Waals surface area contributed by atoms with Crippen molar-refractivity contribution in [2.24, 2.45) is 0 Å². The Bertz CT molecular complexity index is 945. The van der Waals surface area contributed by atoms with E-state index in [-0.39, 0.29) is 10.5 Å². The van der Waals surface area contributed by atoms with E-state index in [2.05, 4.69) is 4.74 Å². The molecule has 3 rings (SSSR count). The first-order valence-corrected chi connectivity index (χ1v) is 7.66. The molecule has 1 fully saturated rings. The summed E-state index contributed by atoms with van der Waals surface area (Å²) >= 11 is 0.653. The average molecular weight is 345 g/mol. The molecule has 0 aliphatic carbocycles. The average Bonchev–Trinajstić information content (AvgIpc) is 2.83. The van der Waals surface area contributed by atoms with Crippen molar-refractivity contribution in [3.8, 4) is 0 Å². The van der Waals surface area contributed by atoms with Crippen LogP contribution in [0.15, 0.2) is 44.4 Å². The molecule has 1 aliphatic heterocycles. The van der Waals surface area contributed by atoms with Crippen LogP contribution in [0.4, 0.5) is 4.79 Å². The predicted octanol–water partition coefficient (Wildman–Crippen LogP) is 2.00. The third kappa shape index (κ3) is 2.95. The number of hydrogen-bond acceptors (Lipinski definition) is 7. The molecule has 122 valence electrons. The number of hydrogen-bond donors (Lipinski definition) is 0. The number of ether oxygens (including phenoxy) is 1. The van der Waals surface area contributed by atoms with E-state index < -0.39 is 29.3 Å². The number of para-hydroxylation sites is 1. The monoisotopic (exact) mass is 345 g/mol. The second kappa shape index (κ2) is 6.32. The van der Waals surface area contributed by atoms with Gasteiger partial charge in [-0.15, -0.1) is 0 Å². The van der Waals surface area contributed by atoms with Gasteiger partial charge in [-0.2, -0.15) is 0 Å². The Labute approximate surface area is 139 Å². The SMILES string of the molecule is COC(=O)CN1C(=O)S/C(=C/c2cc3ccccc3oc2=O)C1=O. The van der Waals surface area contributed by atoms with E-state index in [1.54, 1.807) is 30.3 Å². The molecule has 0 radical (unpaired) electrons. The lowest BCUT2D eigenvalue weighted by molar-refractivity contribution is -0.143. The Balaban J connectivity index is 1.96. The van der Waals surface area contributed by atoms with E-state index in [9.17, 15) is 19.2 Å². The highest BCUT2D eigenvalue weighted by molar-refractivity contribution is 8.18. The number of rotatable bonds is 3. The fourth-order valence-corrected chi connectivity index (χ4v) is 2.98. The largest absolute Gasteiger partial charge is 0.468 e. The third-order valence-corrected chi connectivity index (χ3v) is 4.25. The Morgan fingerprint density at radius 1 is 1.29 bits per heavy atom. The number of benzene rings is 1. The van der Waals surface area contributed by atoms with Crippen molar-refractivity contribution in [1.29, 1.82) is 0 Å². The van der Waals surface area contributed by atoms with Crippen LogP contribution in [0.3, 0.4) is 0 Å². The summed E-state index contributed by atoms with van der Waals surface area (Å²) in [5.74, 6) is -1.35. The van der Waals surface area contributed by atoms with Gasteiger partial charge in [0.15, 0.2) is 0 Å². The molecule has 1 aromatic carbocycles. The molecule has 1 aliphatic rings. The Hall–Kier alpha value is -2.87. The summed E-state index contributed by atoms with van der Waals surface area (Å²) in [6, 6.07) is 8.53. The Kier molecular flexibility index (Phi) is 4.22. The maximum atomic E-state index is 12.2. The molecule has 8 heteroatoms. The fraction of sp³-hybridized carbons (Fsp3) is 0.125. The zero-order valence-corrected chi connectivity index (χ0v) is 13.3. The third-order valence-electron chi connectivity index (χ3n) is 3.34. The number of imide groups is 1. The number of nitrogens with zero attached hydrogens (tertiary/aromatic N) is 1. The van der Waals surface area contributed by atoms with E-state index in [4.69, 9.17) is 4.42 Å². The van der Waals surface area contributed by atoms with Crippen LogP contribution in [0.25, 0.3) is 17.0 Å². The van der Waals surface area contributed by atoms with Crippen molar-refractivity contribution in [3.05, 3.63) is 51.2 Å². The predicted molar refractivity (Wildman–Crippen MR) is 87.2 cm³/mol. The topological polar surface area (TPSA) is 93.9 Å². The maximum absolute atomic E-state index is 12.2. The quantitative estimate of drug-likeness (QED) is 0.477. The molecule has 0 unspecified atom stereocenters. The van der Waals surface area contributed by atoms with Gasteiger partial charge in [-0.05, 0) is 30.0 Å². The molecule has 1 saturated heterocycles. The van der Waals surface area contributed by atoms with E-state index in [0.717, 1.165) is 12.0 Å². The second-order valence-corrected chi connectivity index (χ2v) is 5.86. The summed E-state index contributed by atoms with van der Waals surface area (Å²) in [6.07, 6.45) is 1.29. The van der Waals surface area contributed by atoms with Crippen LogP contribution in [0.1, 0.15) is 5.56 Å². The molecule has 24 heavy (non-hydrogen) atoms. The summed E-state index contributed by atoms with van der Waals surface area (Å²) in [6.45, 7) is -0.467. The van der Waals surface area contributed by atoms with Crippen LogP contribution >= 0.6 is 11.8 Å². The van der Waals surface area contributed by atoms with E-state index in [0.29, 0.717) is 22.7 Å². The lowest BCUT2D eigenvalue weighted by Crippen LogP contribution is -2.34. The highest BCUT2D eigenvalue weighted by atomic mass is 32.2. The molecule has 2 heterocycles.